The molecule has 0 bridgehead atoms. The van der Waals surface area contributed by atoms with Crippen LogP contribution < -0.4 is 10.6 Å². The fourth-order valence-electron chi connectivity index (χ4n) is 3.27. The first-order valence-corrected chi connectivity index (χ1v) is 8.69. The Morgan fingerprint density at radius 1 is 1.26 bits per heavy atom. The van der Waals surface area contributed by atoms with E-state index in [2.05, 4.69) is 29.7 Å². The molecule has 0 aliphatic carbocycles. The van der Waals surface area contributed by atoms with E-state index in [9.17, 15) is 0 Å². The molecular weight excluding hydrogens is 342 g/mol. The van der Waals surface area contributed by atoms with Gasteiger partial charge in [-0.3, -0.25) is 4.98 Å². The largest absolute Gasteiger partial charge is 0.368 e. The quantitative estimate of drug-likeness (QED) is 0.476. The molecule has 9 heteroatoms. The molecule has 0 aromatic carbocycles. The van der Waals surface area contributed by atoms with Crippen molar-refractivity contribution < 1.29 is 0 Å². The van der Waals surface area contributed by atoms with E-state index in [-0.39, 0.29) is 5.95 Å². The van der Waals surface area contributed by atoms with Crippen LogP contribution in [0.2, 0.25) is 0 Å². The average Bonchev–Trinajstić information content (AvgIpc) is 2.66. The number of aryl methyl sites for hydroxylation is 1. The topological polar surface area (TPSA) is 111 Å². The van der Waals surface area contributed by atoms with Gasteiger partial charge >= 0.3 is 0 Å². The number of aromatic nitrogens is 3. The number of nitriles is 1. The second kappa shape index (κ2) is 7.86. The molecule has 1 fully saturated rings. The Kier molecular flexibility index (Phi) is 5.35. The van der Waals surface area contributed by atoms with Crippen LogP contribution in [0.5, 0.6) is 0 Å². The average molecular weight is 365 g/mol. The second-order valence-corrected chi connectivity index (χ2v) is 6.49. The number of pyridine rings is 1. The molecule has 1 saturated heterocycles. The van der Waals surface area contributed by atoms with Gasteiger partial charge in [-0.05, 0) is 13.0 Å². The van der Waals surface area contributed by atoms with Gasteiger partial charge in [-0.2, -0.15) is 10.2 Å². The number of aliphatic imine (C=N–C) groups is 1. The minimum atomic E-state index is 0.262. The van der Waals surface area contributed by atoms with Crippen molar-refractivity contribution >= 4 is 17.7 Å². The van der Waals surface area contributed by atoms with Gasteiger partial charge in [0.05, 0.1) is 5.69 Å². The van der Waals surface area contributed by atoms with Crippen LogP contribution >= 0.6 is 0 Å². The molecule has 0 atom stereocenters. The molecule has 3 heterocycles. The van der Waals surface area contributed by atoms with Crippen molar-refractivity contribution in [3.63, 3.8) is 0 Å². The second-order valence-electron chi connectivity index (χ2n) is 6.49. The molecule has 9 nitrogen and oxygen atoms in total. The lowest BCUT2D eigenvalue weighted by atomic mass is 10.1. The normalized spacial score (nSPS) is 14.8. The summed E-state index contributed by atoms with van der Waals surface area (Å²) in [6, 6.07) is 3.90. The monoisotopic (exact) mass is 365 g/mol. The van der Waals surface area contributed by atoms with Gasteiger partial charge < -0.3 is 20.4 Å². The van der Waals surface area contributed by atoms with Gasteiger partial charge in [-0.1, -0.05) is 6.07 Å². The summed E-state index contributed by atoms with van der Waals surface area (Å²) in [7, 11) is 3.77. The molecular formula is C18H23N9. The Morgan fingerprint density at radius 2 is 2.00 bits per heavy atom. The highest BCUT2D eigenvalue weighted by atomic mass is 15.4. The molecule has 2 aromatic rings. The van der Waals surface area contributed by atoms with Gasteiger partial charge in [0.15, 0.2) is 0 Å². The standard InChI is InChI=1S/C18H23N9/c1-13-15(14-5-4-6-21-11-14)16(24-17(20)23-13)26-7-9-27(10-8-26)18(22-12-19)25(2)3/h4-6,11H,7-10H2,1-3H3,(H2,20,23,24). The minimum Gasteiger partial charge on any atom is -0.368 e. The van der Waals surface area contributed by atoms with Crippen LogP contribution in [0.25, 0.3) is 11.1 Å². The maximum atomic E-state index is 8.93. The fourth-order valence-corrected chi connectivity index (χ4v) is 3.27. The Balaban J connectivity index is 1.89. The summed E-state index contributed by atoms with van der Waals surface area (Å²) in [5.41, 5.74) is 8.67. The summed E-state index contributed by atoms with van der Waals surface area (Å²) in [6.45, 7) is 4.87. The van der Waals surface area contributed by atoms with Crippen LogP contribution in [0.1, 0.15) is 5.69 Å². The SMILES string of the molecule is Cc1nc(N)nc(N2CCN(C(=NC#N)N(C)C)CC2)c1-c1cccnc1. The molecule has 2 N–H and O–H groups in total. The molecule has 3 rings (SSSR count). The third kappa shape index (κ3) is 3.89. The summed E-state index contributed by atoms with van der Waals surface area (Å²) in [5.74, 6) is 1.75. The zero-order valence-electron chi connectivity index (χ0n) is 15.8. The maximum Gasteiger partial charge on any atom is 0.222 e. The summed E-state index contributed by atoms with van der Waals surface area (Å²) >= 11 is 0. The Hall–Kier alpha value is -3.41. The van der Waals surface area contributed by atoms with Gasteiger partial charge in [0.25, 0.3) is 0 Å². The summed E-state index contributed by atoms with van der Waals surface area (Å²) < 4.78 is 0. The number of hydrogen-bond acceptors (Lipinski definition) is 7. The summed E-state index contributed by atoms with van der Waals surface area (Å²) in [5, 5.41) is 8.93. The zero-order valence-corrected chi connectivity index (χ0v) is 15.8. The highest BCUT2D eigenvalue weighted by Crippen LogP contribution is 2.32. The van der Waals surface area contributed by atoms with E-state index in [1.54, 1.807) is 6.20 Å². The van der Waals surface area contributed by atoms with Crippen LogP contribution in [0.4, 0.5) is 11.8 Å². The van der Waals surface area contributed by atoms with Gasteiger partial charge in [0.1, 0.15) is 5.82 Å². The van der Waals surface area contributed by atoms with Crippen molar-refractivity contribution in [2.24, 2.45) is 4.99 Å². The molecule has 27 heavy (non-hydrogen) atoms. The lowest BCUT2D eigenvalue weighted by molar-refractivity contribution is 0.343. The van der Waals surface area contributed by atoms with Crippen LogP contribution in [-0.4, -0.2) is 71.0 Å². The fraction of sp³-hybridized carbons (Fsp3) is 0.389. The number of guanidine groups is 1. The third-order valence-electron chi connectivity index (χ3n) is 4.45. The molecule has 1 aliphatic heterocycles. The van der Waals surface area contributed by atoms with Crippen molar-refractivity contribution in [3.8, 4) is 17.3 Å². The summed E-state index contributed by atoms with van der Waals surface area (Å²) in [4.78, 5) is 23.2. The zero-order chi connectivity index (χ0) is 19.4. The molecule has 0 amide bonds. The predicted molar refractivity (Wildman–Crippen MR) is 105 cm³/mol. The number of hydrogen-bond donors (Lipinski definition) is 1. The van der Waals surface area contributed by atoms with Gasteiger partial charge in [-0.15, -0.1) is 4.99 Å². The van der Waals surface area contributed by atoms with E-state index in [0.29, 0.717) is 5.96 Å². The molecule has 0 unspecified atom stereocenters. The Bertz CT molecular complexity index is 862. The number of nitrogens with zero attached hydrogens (tertiary/aromatic N) is 8. The van der Waals surface area contributed by atoms with Crippen LogP contribution in [-0.2, 0) is 0 Å². The molecule has 2 aromatic heterocycles. The smallest absolute Gasteiger partial charge is 0.222 e. The van der Waals surface area contributed by atoms with Gasteiger partial charge in [-0.25, -0.2) is 4.98 Å². The minimum absolute atomic E-state index is 0.262. The lowest BCUT2D eigenvalue weighted by Gasteiger charge is -2.38. The van der Waals surface area contributed by atoms with E-state index >= 15 is 0 Å². The van der Waals surface area contributed by atoms with E-state index in [4.69, 9.17) is 11.0 Å². The Labute approximate surface area is 158 Å². The number of rotatable bonds is 2. The maximum absolute atomic E-state index is 8.93. The first kappa shape index (κ1) is 18.4. The highest BCUT2D eigenvalue weighted by Gasteiger charge is 2.25. The van der Waals surface area contributed by atoms with Gasteiger partial charge in [0.2, 0.25) is 18.1 Å². The first-order chi connectivity index (χ1) is 13.0. The highest BCUT2D eigenvalue weighted by molar-refractivity contribution is 5.81. The molecule has 1 aliphatic rings. The predicted octanol–water partition coefficient (Wildman–Crippen LogP) is 0.950. The molecule has 0 spiro atoms. The van der Waals surface area contributed by atoms with Crippen molar-refractivity contribution in [3.05, 3.63) is 30.2 Å². The summed E-state index contributed by atoms with van der Waals surface area (Å²) in [6.07, 6.45) is 5.44. The molecule has 0 saturated carbocycles. The van der Waals surface area contributed by atoms with Gasteiger partial charge in [0, 0.05) is 63.8 Å². The number of nitrogen functional groups attached to an aromatic ring is 1. The number of piperazine rings is 1. The number of anilines is 2. The lowest BCUT2D eigenvalue weighted by Crippen LogP contribution is -2.52. The number of nitrogens with two attached hydrogens (primary N) is 1. The van der Waals surface area contributed by atoms with E-state index in [1.807, 2.05) is 50.4 Å². The van der Waals surface area contributed by atoms with Crippen LogP contribution in [0.15, 0.2) is 29.5 Å². The third-order valence-corrected chi connectivity index (χ3v) is 4.45. The van der Waals surface area contributed by atoms with E-state index in [0.717, 1.165) is 48.8 Å². The van der Waals surface area contributed by atoms with Crippen molar-refractivity contribution in [1.29, 1.82) is 5.26 Å². The van der Waals surface area contributed by atoms with Crippen LogP contribution in [0, 0.1) is 18.4 Å². The van der Waals surface area contributed by atoms with Crippen molar-refractivity contribution in [2.45, 2.75) is 6.92 Å². The van der Waals surface area contributed by atoms with Crippen LogP contribution in [0.3, 0.4) is 0 Å². The Morgan fingerprint density at radius 3 is 2.59 bits per heavy atom. The van der Waals surface area contributed by atoms with E-state index in [1.165, 1.54) is 0 Å². The first-order valence-electron chi connectivity index (χ1n) is 8.69. The van der Waals surface area contributed by atoms with Crippen molar-refractivity contribution in [2.75, 3.05) is 50.9 Å². The molecule has 140 valence electrons. The van der Waals surface area contributed by atoms with E-state index < -0.39 is 0 Å². The molecule has 0 radical (unpaired) electrons. The van der Waals surface area contributed by atoms with Crippen molar-refractivity contribution in [1.82, 2.24) is 24.8 Å².